The second-order valence-corrected chi connectivity index (χ2v) is 8.37. The summed E-state index contributed by atoms with van der Waals surface area (Å²) in [6, 6.07) is 7.51. The molecule has 0 N–H and O–H groups in total. The molecular weight excluding hydrogens is 314 g/mol. The Hall–Kier alpha value is -1.86. The Morgan fingerprint density at radius 2 is 2.17 bits per heavy atom. The Morgan fingerprint density at radius 1 is 1.30 bits per heavy atom. The fourth-order valence-corrected chi connectivity index (χ4v) is 4.76. The van der Waals surface area contributed by atoms with E-state index in [0.717, 1.165) is 43.2 Å². The number of sulfonamides is 1. The van der Waals surface area contributed by atoms with Gasteiger partial charge in [0.1, 0.15) is 5.76 Å². The normalized spacial score (nSPS) is 24.5. The van der Waals surface area contributed by atoms with E-state index in [0.29, 0.717) is 6.54 Å². The van der Waals surface area contributed by atoms with Crippen LogP contribution in [0.2, 0.25) is 0 Å². The number of aromatic nitrogens is 1. The number of hydrogen-bond acceptors (Lipinski definition) is 5. The summed E-state index contributed by atoms with van der Waals surface area (Å²) in [5.41, 5.74) is 1.42. The van der Waals surface area contributed by atoms with Gasteiger partial charge in [0.05, 0.1) is 30.4 Å². The number of hydrogen-bond donors (Lipinski definition) is 0. The van der Waals surface area contributed by atoms with Gasteiger partial charge in [-0.2, -0.15) is 0 Å². The summed E-state index contributed by atoms with van der Waals surface area (Å²) in [5.74, 6) is 0.932. The van der Waals surface area contributed by atoms with Gasteiger partial charge in [-0.3, -0.25) is 14.2 Å². The zero-order valence-electron chi connectivity index (χ0n) is 13.0. The Labute approximate surface area is 135 Å². The van der Waals surface area contributed by atoms with E-state index < -0.39 is 10.0 Å². The number of anilines is 1. The van der Waals surface area contributed by atoms with Gasteiger partial charge < -0.3 is 4.42 Å². The highest BCUT2D eigenvalue weighted by Gasteiger charge is 2.50. The highest BCUT2D eigenvalue weighted by molar-refractivity contribution is 7.92. The summed E-state index contributed by atoms with van der Waals surface area (Å²) < 4.78 is 31.2. The van der Waals surface area contributed by atoms with Crippen molar-refractivity contribution in [2.75, 3.05) is 30.2 Å². The van der Waals surface area contributed by atoms with Crippen LogP contribution in [-0.2, 0) is 22.0 Å². The molecule has 2 aliphatic rings. The number of nitrogens with zero attached hydrogens (tertiary/aromatic N) is 3. The Balaban J connectivity index is 1.65. The maximum absolute atomic E-state index is 12.1. The fraction of sp³-hybridized carbons (Fsp3) is 0.438. The van der Waals surface area contributed by atoms with Crippen LogP contribution in [0.25, 0.3) is 0 Å². The molecule has 2 aromatic rings. The van der Waals surface area contributed by atoms with Gasteiger partial charge in [0, 0.05) is 24.7 Å². The largest absolute Gasteiger partial charge is 0.468 e. The predicted molar refractivity (Wildman–Crippen MR) is 86.7 cm³/mol. The Morgan fingerprint density at radius 3 is 2.91 bits per heavy atom. The molecule has 23 heavy (non-hydrogen) atoms. The van der Waals surface area contributed by atoms with Crippen molar-refractivity contribution in [2.45, 2.75) is 18.4 Å². The smallest absolute Gasteiger partial charge is 0.232 e. The van der Waals surface area contributed by atoms with E-state index in [2.05, 4.69) is 9.88 Å². The topological polar surface area (TPSA) is 66.7 Å². The van der Waals surface area contributed by atoms with Gasteiger partial charge in [-0.1, -0.05) is 0 Å². The lowest BCUT2D eigenvalue weighted by Gasteiger charge is -2.24. The van der Waals surface area contributed by atoms with E-state index >= 15 is 0 Å². The summed E-state index contributed by atoms with van der Waals surface area (Å²) >= 11 is 0. The van der Waals surface area contributed by atoms with Crippen molar-refractivity contribution in [3.8, 4) is 0 Å². The molecule has 0 radical (unpaired) electrons. The van der Waals surface area contributed by atoms with Gasteiger partial charge in [0.2, 0.25) is 10.0 Å². The van der Waals surface area contributed by atoms with Gasteiger partial charge in [-0.15, -0.1) is 0 Å². The zero-order valence-corrected chi connectivity index (χ0v) is 13.8. The number of fused-ring (bicyclic) bond motifs is 2. The van der Waals surface area contributed by atoms with Crippen molar-refractivity contribution in [2.24, 2.45) is 0 Å². The summed E-state index contributed by atoms with van der Waals surface area (Å²) in [6.45, 7) is 2.93. The maximum atomic E-state index is 12.1. The summed E-state index contributed by atoms with van der Waals surface area (Å²) in [4.78, 5) is 6.84. The average molecular weight is 333 g/mol. The van der Waals surface area contributed by atoms with Crippen molar-refractivity contribution in [3.63, 3.8) is 0 Å². The minimum Gasteiger partial charge on any atom is -0.468 e. The molecule has 6 nitrogen and oxygen atoms in total. The summed E-state index contributed by atoms with van der Waals surface area (Å²) in [6.07, 6.45) is 5.60. The van der Waals surface area contributed by atoms with Crippen LogP contribution >= 0.6 is 0 Å². The van der Waals surface area contributed by atoms with Crippen molar-refractivity contribution in [3.05, 3.63) is 48.2 Å². The molecule has 1 atom stereocenters. The fourth-order valence-electron chi connectivity index (χ4n) is 3.78. The summed E-state index contributed by atoms with van der Waals surface area (Å²) in [7, 11) is -3.29. The van der Waals surface area contributed by atoms with Crippen molar-refractivity contribution < 1.29 is 12.8 Å². The molecule has 0 bridgehead atoms. The van der Waals surface area contributed by atoms with E-state index in [1.807, 2.05) is 18.2 Å². The molecule has 4 rings (SSSR count). The first kappa shape index (κ1) is 14.7. The molecule has 0 aromatic carbocycles. The van der Waals surface area contributed by atoms with Gasteiger partial charge in [0.25, 0.3) is 0 Å². The van der Waals surface area contributed by atoms with E-state index in [9.17, 15) is 8.42 Å². The van der Waals surface area contributed by atoms with Crippen molar-refractivity contribution in [1.82, 2.24) is 9.88 Å². The van der Waals surface area contributed by atoms with Crippen LogP contribution in [0.1, 0.15) is 17.9 Å². The molecule has 7 heteroatoms. The highest BCUT2D eigenvalue weighted by atomic mass is 32.2. The van der Waals surface area contributed by atoms with Crippen LogP contribution in [0.5, 0.6) is 0 Å². The third-order valence-corrected chi connectivity index (χ3v) is 5.92. The molecule has 1 fully saturated rings. The summed E-state index contributed by atoms with van der Waals surface area (Å²) in [5, 5.41) is 0. The van der Waals surface area contributed by atoms with E-state index in [1.165, 1.54) is 10.6 Å². The molecule has 2 aliphatic heterocycles. The van der Waals surface area contributed by atoms with E-state index in [-0.39, 0.29) is 5.41 Å². The molecule has 0 amide bonds. The lowest BCUT2D eigenvalue weighted by atomic mass is 9.85. The lowest BCUT2D eigenvalue weighted by Crippen LogP contribution is -2.38. The second-order valence-electron chi connectivity index (χ2n) is 6.46. The first-order valence-electron chi connectivity index (χ1n) is 7.66. The minimum absolute atomic E-state index is 0.216. The molecule has 1 spiro atoms. The molecular formula is C16H19N3O3S. The van der Waals surface area contributed by atoms with Crippen molar-refractivity contribution >= 4 is 15.7 Å². The predicted octanol–water partition coefficient (Wildman–Crippen LogP) is 1.60. The Bertz CT molecular complexity index is 819. The van der Waals surface area contributed by atoms with Gasteiger partial charge >= 0.3 is 0 Å². The zero-order chi connectivity index (χ0) is 16.1. The van der Waals surface area contributed by atoms with Gasteiger partial charge in [0.15, 0.2) is 0 Å². The van der Waals surface area contributed by atoms with Crippen LogP contribution in [0.4, 0.5) is 5.69 Å². The van der Waals surface area contributed by atoms with E-state index in [1.54, 1.807) is 18.5 Å². The number of pyridine rings is 1. The number of furan rings is 1. The quantitative estimate of drug-likeness (QED) is 0.853. The van der Waals surface area contributed by atoms with Crippen LogP contribution in [-0.4, -0.2) is 44.2 Å². The van der Waals surface area contributed by atoms with Crippen LogP contribution in [0.15, 0.2) is 41.1 Å². The second kappa shape index (κ2) is 5.07. The first-order valence-corrected chi connectivity index (χ1v) is 9.51. The number of likely N-dealkylation sites (tertiary alicyclic amines) is 1. The van der Waals surface area contributed by atoms with Crippen molar-refractivity contribution in [1.29, 1.82) is 0 Å². The molecule has 0 unspecified atom stereocenters. The van der Waals surface area contributed by atoms with Gasteiger partial charge in [-0.05, 0) is 37.2 Å². The molecule has 0 aliphatic carbocycles. The molecule has 122 valence electrons. The third kappa shape index (κ3) is 2.44. The standard InChI is InChI=1S/C16H19N3O3S/c1-23(20,21)19-12-16(15-14(19)5-2-7-17-15)6-8-18(11-16)10-13-4-3-9-22-13/h2-5,7,9H,6,8,10-12H2,1H3/t16-/m1/s1. The minimum atomic E-state index is -3.29. The van der Waals surface area contributed by atoms with Crippen LogP contribution in [0, 0.1) is 0 Å². The molecule has 4 heterocycles. The Kier molecular flexibility index (Phi) is 3.24. The van der Waals surface area contributed by atoms with Crippen LogP contribution in [0.3, 0.4) is 0 Å². The molecule has 2 aromatic heterocycles. The number of rotatable bonds is 3. The van der Waals surface area contributed by atoms with Crippen LogP contribution < -0.4 is 4.31 Å². The maximum Gasteiger partial charge on any atom is 0.232 e. The monoisotopic (exact) mass is 333 g/mol. The van der Waals surface area contributed by atoms with Gasteiger partial charge in [-0.25, -0.2) is 8.42 Å². The molecule has 0 saturated carbocycles. The SMILES string of the molecule is CS(=O)(=O)N1C[C@]2(CCN(Cc3ccco3)C2)c2ncccc21. The first-order chi connectivity index (χ1) is 11.0. The lowest BCUT2D eigenvalue weighted by molar-refractivity contribution is 0.279. The van der Waals surface area contributed by atoms with E-state index in [4.69, 9.17) is 4.42 Å². The molecule has 1 saturated heterocycles. The average Bonchev–Trinajstić information content (AvgIpc) is 3.21. The highest BCUT2D eigenvalue weighted by Crippen LogP contribution is 2.46. The third-order valence-electron chi connectivity index (χ3n) is 4.80.